The highest BCUT2D eigenvalue weighted by Crippen LogP contribution is 2.19. The molecule has 0 aliphatic heterocycles. The number of unbranched alkanes of at least 4 members (excludes halogenated alkanes) is 5. The second-order valence-corrected chi connectivity index (χ2v) is 4.98. The van der Waals surface area contributed by atoms with Crippen LogP contribution < -0.4 is 0 Å². The second kappa shape index (κ2) is 10.9. The van der Waals surface area contributed by atoms with Crippen LogP contribution in [-0.2, 0) is 14.4 Å². The molecule has 0 rings (SSSR count). The summed E-state index contributed by atoms with van der Waals surface area (Å²) in [4.78, 5) is 32.8. The number of carboxylic acid groups (broad SMARTS) is 3. The van der Waals surface area contributed by atoms with Gasteiger partial charge < -0.3 is 15.3 Å². The van der Waals surface area contributed by atoms with E-state index in [1.165, 1.54) is 0 Å². The molecule has 0 atom stereocenters. The van der Waals surface area contributed by atoms with Gasteiger partial charge in [0.25, 0.3) is 0 Å². The predicted molar refractivity (Wildman–Crippen MR) is 77.2 cm³/mol. The molecule has 0 unspecified atom stereocenters. The Morgan fingerprint density at radius 1 is 0.667 bits per heavy atom. The number of aliphatic carboxylic acids is 3. The Bertz CT molecular complexity index is 397. The van der Waals surface area contributed by atoms with Crippen LogP contribution in [0.1, 0.15) is 64.7 Å². The van der Waals surface area contributed by atoms with Crippen LogP contribution in [0, 0.1) is 0 Å². The molecule has 6 nitrogen and oxygen atoms in total. The van der Waals surface area contributed by atoms with Gasteiger partial charge in [-0.25, -0.2) is 9.59 Å². The predicted octanol–water partition coefficient (Wildman–Crippen LogP) is 3.07. The quantitative estimate of drug-likeness (QED) is 0.377. The third kappa shape index (κ3) is 8.83. The zero-order valence-corrected chi connectivity index (χ0v) is 12.4. The van der Waals surface area contributed by atoms with Gasteiger partial charge in [-0.15, -0.1) is 0 Å². The Morgan fingerprint density at radius 3 is 1.62 bits per heavy atom. The molecule has 0 amide bonds. The molecule has 0 aromatic carbocycles. The molecule has 3 N–H and O–H groups in total. The van der Waals surface area contributed by atoms with Gasteiger partial charge in [-0.1, -0.05) is 39.0 Å². The van der Waals surface area contributed by atoms with Crippen molar-refractivity contribution in [2.45, 2.75) is 64.7 Å². The van der Waals surface area contributed by atoms with Crippen LogP contribution in [0.4, 0.5) is 0 Å². The van der Waals surface area contributed by atoms with E-state index in [4.69, 9.17) is 15.3 Å². The van der Waals surface area contributed by atoms with Crippen molar-refractivity contribution in [2.75, 3.05) is 0 Å². The summed E-state index contributed by atoms with van der Waals surface area (Å²) in [6, 6.07) is 0. The molecule has 0 saturated heterocycles. The van der Waals surface area contributed by atoms with E-state index < -0.39 is 17.9 Å². The van der Waals surface area contributed by atoms with Crippen molar-refractivity contribution in [1.82, 2.24) is 0 Å². The smallest absolute Gasteiger partial charge is 0.332 e. The van der Waals surface area contributed by atoms with Gasteiger partial charge in [0.2, 0.25) is 0 Å². The highest BCUT2D eigenvalue weighted by Gasteiger charge is 2.20. The highest BCUT2D eigenvalue weighted by molar-refractivity contribution is 5.99. The van der Waals surface area contributed by atoms with E-state index in [-0.39, 0.29) is 30.4 Å². The molecule has 0 aromatic heterocycles. The van der Waals surface area contributed by atoms with Gasteiger partial charge in [-0.2, -0.15) is 0 Å². The van der Waals surface area contributed by atoms with E-state index in [1.807, 2.05) is 0 Å². The number of rotatable bonds is 12. The Balaban J connectivity index is 4.64. The van der Waals surface area contributed by atoms with Crippen molar-refractivity contribution < 1.29 is 29.7 Å². The second-order valence-electron chi connectivity index (χ2n) is 4.98. The largest absolute Gasteiger partial charge is 0.481 e. The van der Waals surface area contributed by atoms with E-state index in [0.29, 0.717) is 6.42 Å². The van der Waals surface area contributed by atoms with Crippen LogP contribution in [0.3, 0.4) is 0 Å². The Labute approximate surface area is 124 Å². The van der Waals surface area contributed by atoms with Crippen LogP contribution in [0.2, 0.25) is 0 Å². The third-order valence-electron chi connectivity index (χ3n) is 3.25. The highest BCUT2D eigenvalue weighted by atomic mass is 16.4. The molecule has 0 aromatic rings. The fourth-order valence-corrected chi connectivity index (χ4v) is 2.09. The minimum absolute atomic E-state index is 0.167. The van der Waals surface area contributed by atoms with Crippen molar-refractivity contribution in [1.29, 1.82) is 0 Å². The van der Waals surface area contributed by atoms with Crippen molar-refractivity contribution in [3.8, 4) is 0 Å². The SMILES string of the molecule is CCCCCCCC/C(C(=O)O)=C(\CCC(=O)O)C(=O)O. The standard InChI is InChI=1S/C15H24O6/c1-2-3-4-5-6-7-8-11(14(18)19)12(15(20)21)9-10-13(16)17/h2-10H2,1H3,(H,16,17)(H,18,19)(H,20,21)/b12-11-. The van der Waals surface area contributed by atoms with Gasteiger partial charge in [0.15, 0.2) is 0 Å². The van der Waals surface area contributed by atoms with Crippen LogP contribution >= 0.6 is 0 Å². The summed E-state index contributed by atoms with van der Waals surface area (Å²) in [5, 5.41) is 26.8. The Kier molecular flexibility index (Phi) is 9.92. The number of hydrogen-bond acceptors (Lipinski definition) is 3. The van der Waals surface area contributed by atoms with Gasteiger partial charge in [-0.3, -0.25) is 4.79 Å². The summed E-state index contributed by atoms with van der Waals surface area (Å²) in [6.45, 7) is 2.10. The average Bonchev–Trinajstić information content (AvgIpc) is 2.39. The molecule has 21 heavy (non-hydrogen) atoms. The minimum atomic E-state index is -1.35. The van der Waals surface area contributed by atoms with Gasteiger partial charge in [0.1, 0.15) is 0 Å². The topological polar surface area (TPSA) is 112 Å². The van der Waals surface area contributed by atoms with E-state index in [0.717, 1.165) is 32.1 Å². The molecule has 0 radical (unpaired) electrons. The maximum absolute atomic E-state index is 11.2. The van der Waals surface area contributed by atoms with Crippen molar-refractivity contribution in [3.05, 3.63) is 11.1 Å². The molecule has 120 valence electrons. The maximum atomic E-state index is 11.2. The molecule has 0 spiro atoms. The van der Waals surface area contributed by atoms with E-state index >= 15 is 0 Å². The molecule has 0 fully saturated rings. The zero-order chi connectivity index (χ0) is 16.3. The van der Waals surface area contributed by atoms with Gasteiger partial charge >= 0.3 is 17.9 Å². The molecular weight excluding hydrogens is 276 g/mol. The fourth-order valence-electron chi connectivity index (χ4n) is 2.09. The molecule has 0 heterocycles. The first kappa shape index (κ1) is 19.1. The zero-order valence-electron chi connectivity index (χ0n) is 12.4. The van der Waals surface area contributed by atoms with Crippen LogP contribution in [0.25, 0.3) is 0 Å². The van der Waals surface area contributed by atoms with Crippen LogP contribution in [-0.4, -0.2) is 33.2 Å². The summed E-state index contributed by atoms with van der Waals surface area (Å²) in [5.41, 5.74) is -0.460. The van der Waals surface area contributed by atoms with Crippen molar-refractivity contribution in [3.63, 3.8) is 0 Å². The van der Waals surface area contributed by atoms with Gasteiger partial charge in [0.05, 0.1) is 0 Å². The van der Waals surface area contributed by atoms with Crippen molar-refractivity contribution >= 4 is 17.9 Å². The normalized spacial score (nSPS) is 11.9. The molecule has 0 bridgehead atoms. The third-order valence-corrected chi connectivity index (χ3v) is 3.25. The molecule has 0 saturated carbocycles. The Morgan fingerprint density at radius 2 is 1.14 bits per heavy atom. The van der Waals surface area contributed by atoms with Crippen molar-refractivity contribution in [2.24, 2.45) is 0 Å². The summed E-state index contributed by atoms with van der Waals surface area (Å²) in [7, 11) is 0. The minimum Gasteiger partial charge on any atom is -0.481 e. The average molecular weight is 300 g/mol. The number of carboxylic acids is 3. The lowest BCUT2D eigenvalue weighted by atomic mass is 9.97. The number of hydrogen-bond donors (Lipinski definition) is 3. The van der Waals surface area contributed by atoms with Gasteiger partial charge in [0, 0.05) is 17.6 Å². The summed E-state index contributed by atoms with van der Waals surface area (Å²) in [6.07, 6.45) is 5.34. The lowest BCUT2D eigenvalue weighted by molar-refractivity contribution is -0.138. The summed E-state index contributed by atoms with van der Waals surface area (Å²) < 4.78 is 0. The molecule has 0 aliphatic rings. The monoisotopic (exact) mass is 300 g/mol. The molecule has 0 aliphatic carbocycles. The lowest BCUT2D eigenvalue weighted by Crippen LogP contribution is -2.13. The van der Waals surface area contributed by atoms with Gasteiger partial charge in [-0.05, 0) is 19.3 Å². The fraction of sp³-hybridized carbons (Fsp3) is 0.667. The van der Waals surface area contributed by atoms with E-state index in [2.05, 4.69) is 6.92 Å². The van der Waals surface area contributed by atoms with E-state index in [9.17, 15) is 14.4 Å². The summed E-state index contributed by atoms with van der Waals surface area (Å²) in [5.74, 6) is -3.76. The van der Waals surface area contributed by atoms with Crippen LogP contribution in [0.5, 0.6) is 0 Å². The lowest BCUT2D eigenvalue weighted by Gasteiger charge is -2.08. The van der Waals surface area contributed by atoms with E-state index in [1.54, 1.807) is 0 Å². The first-order chi connectivity index (χ1) is 9.90. The summed E-state index contributed by atoms with van der Waals surface area (Å²) >= 11 is 0. The molecule has 6 heteroatoms. The Hall–Kier alpha value is -1.85. The maximum Gasteiger partial charge on any atom is 0.332 e. The first-order valence-electron chi connectivity index (χ1n) is 7.30. The van der Waals surface area contributed by atoms with Crippen LogP contribution in [0.15, 0.2) is 11.1 Å². The molecular formula is C15H24O6. The first-order valence-corrected chi connectivity index (χ1v) is 7.30. The number of carbonyl (C=O) groups is 3.